The van der Waals surface area contributed by atoms with Crippen LogP contribution in [0.5, 0.6) is 5.75 Å². The Balaban J connectivity index is 1.73. The van der Waals surface area contributed by atoms with Gasteiger partial charge in [0.15, 0.2) is 0 Å². The molecule has 0 radical (unpaired) electrons. The minimum Gasteiger partial charge on any atom is -0.497 e. The van der Waals surface area contributed by atoms with Gasteiger partial charge in [-0.05, 0) is 43.4 Å². The van der Waals surface area contributed by atoms with E-state index in [1.165, 1.54) is 29.3 Å². The van der Waals surface area contributed by atoms with Crippen LogP contribution in [0.2, 0.25) is 0 Å². The van der Waals surface area contributed by atoms with Gasteiger partial charge in [0, 0.05) is 35.8 Å². The number of aliphatic hydroxyl groups is 1. The predicted octanol–water partition coefficient (Wildman–Crippen LogP) is 2.82. The summed E-state index contributed by atoms with van der Waals surface area (Å²) in [7, 11) is 3.07. The maximum absolute atomic E-state index is 12.3. The van der Waals surface area contributed by atoms with Crippen molar-refractivity contribution in [3.05, 3.63) is 41.1 Å². The average molecular weight is 384 g/mol. The Morgan fingerprint density at radius 1 is 1.43 bits per heavy atom. The standard InChI is InChI=1S/C22H28N2O4/c1-4-13-11-24-8-7-16-15-6-5-14(27-2)9-19(15)23-21(16)20(24)10-17(13)18(12-25)22(26)28-3/h4-6,9,17-18,20,23,25H,7-8,10-12H2,1-3H3/b13-4-. The van der Waals surface area contributed by atoms with E-state index in [0.29, 0.717) is 0 Å². The molecule has 1 saturated heterocycles. The van der Waals surface area contributed by atoms with Crippen molar-refractivity contribution in [3.63, 3.8) is 0 Å². The van der Waals surface area contributed by atoms with Crippen LogP contribution in [0.15, 0.2) is 29.8 Å². The molecule has 6 heteroatoms. The highest BCUT2D eigenvalue weighted by Gasteiger charge is 2.42. The molecule has 2 aliphatic heterocycles. The third-order valence-corrected chi connectivity index (χ3v) is 6.47. The number of nitrogens with one attached hydrogen (secondary N) is 1. The lowest BCUT2D eigenvalue weighted by molar-refractivity contribution is -0.149. The summed E-state index contributed by atoms with van der Waals surface area (Å²) >= 11 is 0. The number of fused-ring (bicyclic) bond motifs is 5. The van der Waals surface area contributed by atoms with E-state index in [2.05, 4.69) is 22.0 Å². The average Bonchev–Trinajstić information content (AvgIpc) is 3.11. The quantitative estimate of drug-likeness (QED) is 0.626. The van der Waals surface area contributed by atoms with Crippen molar-refractivity contribution in [2.75, 3.05) is 33.9 Å². The van der Waals surface area contributed by atoms with Gasteiger partial charge in [0.2, 0.25) is 0 Å². The van der Waals surface area contributed by atoms with Crippen LogP contribution in [-0.2, 0) is 16.0 Å². The normalized spacial score (nSPS) is 24.6. The van der Waals surface area contributed by atoms with Crippen LogP contribution in [0.3, 0.4) is 0 Å². The molecular formula is C22H28N2O4. The molecule has 2 aromatic rings. The third-order valence-electron chi connectivity index (χ3n) is 6.47. The monoisotopic (exact) mass is 384 g/mol. The van der Waals surface area contributed by atoms with Gasteiger partial charge in [-0.3, -0.25) is 9.69 Å². The first-order chi connectivity index (χ1) is 13.6. The van der Waals surface area contributed by atoms with Gasteiger partial charge in [-0.1, -0.05) is 11.6 Å². The summed E-state index contributed by atoms with van der Waals surface area (Å²) in [5.74, 6) is -0.0341. The highest BCUT2D eigenvalue weighted by molar-refractivity contribution is 5.86. The lowest BCUT2D eigenvalue weighted by Crippen LogP contribution is -2.45. The maximum atomic E-state index is 12.3. The number of allylic oxidation sites excluding steroid dienone is 1. The van der Waals surface area contributed by atoms with Crippen LogP contribution in [0.1, 0.15) is 30.6 Å². The number of aromatic nitrogens is 1. The van der Waals surface area contributed by atoms with E-state index < -0.39 is 5.92 Å². The second kappa shape index (κ2) is 7.60. The van der Waals surface area contributed by atoms with Crippen molar-refractivity contribution in [3.8, 4) is 5.75 Å². The molecule has 2 aliphatic rings. The van der Waals surface area contributed by atoms with Crippen molar-refractivity contribution in [1.29, 1.82) is 0 Å². The number of piperidine rings is 1. The summed E-state index contributed by atoms with van der Waals surface area (Å²) in [5.41, 5.74) is 4.89. The molecule has 150 valence electrons. The van der Waals surface area contributed by atoms with Crippen LogP contribution in [0, 0.1) is 11.8 Å². The molecule has 4 rings (SSSR count). The summed E-state index contributed by atoms with van der Waals surface area (Å²) < 4.78 is 10.3. The van der Waals surface area contributed by atoms with Gasteiger partial charge in [0.25, 0.3) is 0 Å². The molecule has 6 nitrogen and oxygen atoms in total. The number of ether oxygens (including phenoxy) is 2. The number of esters is 1. The zero-order valence-electron chi connectivity index (χ0n) is 16.7. The molecule has 0 saturated carbocycles. The highest BCUT2D eigenvalue weighted by atomic mass is 16.5. The summed E-state index contributed by atoms with van der Waals surface area (Å²) in [6.07, 6.45) is 3.88. The van der Waals surface area contributed by atoms with Gasteiger partial charge >= 0.3 is 5.97 Å². The minimum absolute atomic E-state index is 0.0180. The minimum atomic E-state index is -0.520. The molecular weight excluding hydrogens is 356 g/mol. The lowest BCUT2D eigenvalue weighted by Gasteiger charge is -2.45. The molecule has 3 unspecified atom stereocenters. The predicted molar refractivity (Wildman–Crippen MR) is 107 cm³/mol. The zero-order chi connectivity index (χ0) is 19.8. The Morgan fingerprint density at radius 2 is 2.25 bits per heavy atom. The largest absolute Gasteiger partial charge is 0.497 e. The van der Waals surface area contributed by atoms with Gasteiger partial charge in [0.1, 0.15) is 5.75 Å². The molecule has 1 aromatic heterocycles. The van der Waals surface area contributed by atoms with E-state index in [4.69, 9.17) is 9.47 Å². The molecule has 1 fully saturated rings. The Bertz CT molecular complexity index is 917. The van der Waals surface area contributed by atoms with Crippen molar-refractivity contribution < 1.29 is 19.4 Å². The number of hydrogen-bond donors (Lipinski definition) is 2. The Kier molecular flexibility index (Phi) is 5.17. The summed E-state index contributed by atoms with van der Waals surface area (Å²) in [4.78, 5) is 18.4. The Labute approximate surface area is 165 Å². The second-order valence-electron chi connectivity index (χ2n) is 7.68. The zero-order valence-corrected chi connectivity index (χ0v) is 16.7. The number of carbonyl (C=O) groups is 1. The third kappa shape index (κ3) is 3.01. The number of rotatable bonds is 4. The fraction of sp³-hybridized carbons (Fsp3) is 0.500. The summed E-state index contributed by atoms with van der Waals surface area (Å²) in [6, 6.07) is 6.38. The van der Waals surface area contributed by atoms with E-state index in [-0.39, 0.29) is 24.5 Å². The maximum Gasteiger partial charge on any atom is 0.311 e. The SMILES string of the molecule is C/C=C1/CN2CCc3c([nH]c4cc(OC)ccc34)C2CC1C(CO)C(=O)OC. The number of H-pyrrole nitrogens is 1. The first kappa shape index (κ1) is 19.0. The molecule has 2 N–H and O–H groups in total. The molecule has 0 aliphatic carbocycles. The van der Waals surface area contributed by atoms with Gasteiger partial charge in [0.05, 0.1) is 32.8 Å². The van der Waals surface area contributed by atoms with E-state index in [1.807, 2.05) is 19.1 Å². The van der Waals surface area contributed by atoms with E-state index in [1.54, 1.807) is 7.11 Å². The number of benzene rings is 1. The molecule has 0 amide bonds. The van der Waals surface area contributed by atoms with E-state index >= 15 is 0 Å². The van der Waals surface area contributed by atoms with Gasteiger partial charge in [-0.25, -0.2) is 0 Å². The molecule has 1 aromatic carbocycles. The molecule has 0 bridgehead atoms. The van der Waals surface area contributed by atoms with Crippen molar-refractivity contribution in [2.24, 2.45) is 11.8 Å². The van der Waals surface area contributed by atoms with Gasteiger partial charge in [-0.2, -0.15) is 0 Å². The highest BCUT2D eigenvalue weighted by Crippen LogP contribution is 2.45. The number of aromatic amines is 1. The smallest absolute Gasteiger partial charge is 0.311 e. The van der Waals surface area contributed by atoms with Crippen LogP contribution in [0.4, 0.5) is 0 Å². The first-order valence-electron chi connectivity index (χ1n) is 9.87. The number of carbonyl (C=O) groups excluding carboxylic acids is 1. The van der Waals surface area contributed by atoms with Crippen molar-refractivity contribution in [1.82, 2.24) is 9.88 Å². The Morgan fingerprint density at radius 3 is 2.93 bits per heavy atom. The fourth-order valence-corrected chi connectivity index (χ4v) is 4.98. The lowest BCUT2D eigenvalue weighted by atomic mass is 9.75. The van der Waals surface area contributed by atoms with Gasteiger partial charge < -0.3 is 19.6 Å². The topological polar surface area (TPSA) is 74.8 Å². The number of hydrogen-bond acceptors (Lipinski definition) is 5. The molecule has 0 spiro atoms. The number of aliphatic hydroxyl groups excluding tert-OH is 1. The first-order valence-corrected chi connectivity index (χ1v) is 9.87. The van der Waals surface area contributed by atoms with Crippen LogP contribution >= 0.6 is 0 Å². The summed E-state index contributed by atoms with van der Waals surface area (Å²) in [5, 5.41) is 11.1. The van der Waals surface area contributed by atoms with Crippen LogP contribution < -0.4 is 4.74 Å². The fourth-order valence-electron chi connectivity index (χ4n) is 4.98. The van der Waals surface area contributed by atoms with Crippen LogP contribution in [-0.4, -0.2) is 54.9 Å². The number of nitrogens with zero attached hydrogens (tertiary/aromatic N) is 1. The van der Waals surface area contributed by atoms with Crippen molar-refractivity contribution in [2.45, 2.75) is 25.8 Å². The molecule has 3 heterocycles. The second-order valence-corrected chi connectivity index (χ2v) is 7.68. The Hall–Kier alpha value is -2.31. The van der Waals surface area contributed by atoms with Crippen LogP contribution in [0.25, 0.3) is 10.9 Å². The summed E-state index contributed by atoms with van der Waals surface area (Å²) in [6.45, 7) is 3.62. The number of methoxy groups -OCH3 is 2. The molecule has 28 heavy (non-hydrogen) atoms. The van der Waals surface area contributed by atoms with Gasteiger partial charge in [-0.15, -0.1) is 0 Å². The molecule has 3 atom stereocenters. The van der Waals surface area contributed by atoms with Crippen molar-refractivity contribution >= 4 is 16.9 Å². The van der Waals surface area contributed by atoms with E-state index in [9.17, 15) is 9.90 Å². The van der Waals surface area contributed by atoms with E-state index in [0.717, 1.165) is 37.2 Å².